The van der Waals surface area contributed by atoms with E-state index in [0.717, 1.165) is 11.1 Å². The van der Waals surface area contributed by atoms with Gasteiger partial charge in [0, 0.05) is 29.2 Å². The number of benzene rings is 2. The second-order valence-electron chi connectivity index (χ2n) is 6.37. The molecule has 0 spiro atoms. The van der Waals surface area contributed by atoms with Crippen LogP contribution in [0.25, 0.3) is 0 Å². The molecule has 2 aromatic rings. The van der Waals surface area contributed by atoms with Gasteiger partial charge in [0.1, 0.15) is 0 Å². The fraction of sp³-hybridized carbons (Fsp3) is 0.286. The van der Waals surface area contributed by atoms with E-state index in [9.17, 15) is 14.4 Å². The smallest absolute Gasteiger partial charge is 0.306 e. The van der Waals surface area contributed by atoms with Gasteiger partial charge in [-0.05, 0) is 55.7 Å². The number of anilines is 2. The highest BCUT2D eigenvalue weighted by Gasteiger charge is 2.11. The van der Waals surface area contributed by atoms with E-state index in [1.807, 2.05) is 26.0 Å². The van der Waals surface area contributed by atoms with E-state index in [1.54, 1.807) is 30.3 Å². The molecule has 28 heavy (non-hydrogen) atoms. The molecule has 2 rings (SSSR count). The second-order valence-corrected chi connectivity index (χ2v) is 6.80. The lowest BCUT2D eigenvalue weighted by Gasteiger charge is -2.10. The van der Waals surface area contributed by atoms with E-state index in [2.05, 4.69) is 10.6 Å². The summed E-state index contributed by atoms with van der Waals surface area (Å²) >= 11 is 5.86. The van der Waals surface area contributed by atoms with Gasteiger partial charge in [-0.1, -0.05) is 29.8 Å². The standard InChI is InChI=1S/C21H23ClN2O4/c1-14-6-3-9-18(15(14)2)24-20(26)13-28-21(27)11-5-10-19(25)23-17-8-4-7-16(22)12-17/h3-4,6-9,12H,5,10-11,13H2,1-2H3,(H,23,25)(H,24,26). The van der Waals surface area contributed by atoms with Crippen molar-refractivity contribution < 1.29 is 19.1 Å². The van der Waals surface area contributed by atoms with Crippen molar-refractivity contribution in [2.24, 2.45) is 0 Å². The van der Waals surface area contributed by atoms with Crippen LogP contribution in [0.4, 0.5) is 11.4 Å². The summed E-state index contributed by atoms with van der Waals surface area (Å²) in [4.78, 5) is 35.5. The Kier molecular flexibility index (Phi) is 8.02. The van der Waals surface area contributed by atoms with Crippen molar-refractivity contribution in [1.29, 1.82) is 0 Å². The van der Waals surface area contributed by atoms with Crippen LogP contribution in [-0.4, -0.2) is 24.4 Å². The number of amides is 2. The summed E-state index contributed by atoms with van der Waals surface area (Å²) in [7, 11) is 0. The fourth-order valence-electron chi connectivity index (χ4n) is 2.47. The molecule has 2 amide bonds. The maximum absolute atomic E-state index is 11.9. The molecule has 0 aliphatic heterocycles. The predicted octanol–water partition coefficient (Wildman–Crippen LogP) is 4.25. The molecule has 0 fully saturated rings. The maximum Gasteiger partial charge on any atom is 0.306 e. The lowest BCUT2D eigenvalue weighted by atomic mass is 10.1. The average molecular weight is 403 g/mol. The highest BCUT2D eigenvalue weighted by molar-refractivity contribution is 6.30. The van der Waals surface area contributed by atoms with Gasteiger partial charge in [-0.15, -0.1) is 0 Å². The number of rotatable bonds is 8. The third-order valence-electron chi connectivity index (χ3n) is 4.14. The minimum absolute atomic E-state index is 0.0553. The molecule has 2 aromatic carbocycles. The Morgan fingerprint density at radius 3 is 2.46 bits per heavy atom. The van der Waals surface area contributed by atoms with Crippen molar-refractivity contribution in [2.45, 2.75) is 33.1 Å². The molecule has 0 radical (unpaired) electrons. The first-order valence-corrected chi connectivity index (χ1v) is 9.30. The number of carbonyl (C=O) groups excluding carboxylic acids is 3. The molecule has 6 nitrogen and oxygen atoms in total. The number of esters is 1. The van der Waals surface area contributed by atoms with Crippen LogP contribution in [0.1, 0.15) is 30.4 Å². The first-order valence-electron chi connectivity index (χ1n) is 8.92. The largest absolute Gasteiger partial charge is 0.456 e. The Labute approximate surface area is 169 Å². The Morgan fingerprint density at radius 1 is 0.964 bits per heavy atom. The lowest BCUT2D eigenvalue weighted by Crippen LogP contribution is -2.21. The minimum Gasteiger partial charge on any atom is -0.456 e. The third-order valence-corrected chi connectivity index (χ3v) is 4.37. The first-order chi connectivity index (χ1) is 13.3. The number of carbonyl (C=O) groups is 3. The Bertz CT molecular complexity index is 867. The third kappa shape index (κ3) is 7.04. The molecule has 0 aliphatic carbocycles. The number of ether oxygens (including phenoxy) is 1. The topological polar surface area (TPSA) is 84.5 Å². The van der Waals surface area contributed by atoms with Gasteiger partial charge in [0.25, 0.3) is 5.91 Å². The zero-order valence-corrected chi connectivity index (χ0v) is 16.6. The lowest BCUT2D eigenvalue weighted by molar-refractivity contribution is -0.147. The van der Waals surface area contributed by atoms with Crippen LogP contribution in [0.15, 0.2) is 42.5 Å². The summed E-state index contributed by atoms with van der Waals surface area (Å²) < 4.78 is 4.96. The summed E-state index contributed by atoms with van der Waals surface area (Å²) in [5.41, 5.74) is 3.32. The predicted molar refractivity (Wildman–Crippen MR) is 109 cm³/mol. The van der Waals surface area contributed by atoms with E-state index >= 15 is 0 Å². The van der Waals surface area contributed by atoms with Crippen molar-refractivity contribution in [3.05, 3.63) is 58.6 Å². The number of nitrogens with one attached hydrogen (secondary N) is 2. The molecule has 0 heterocycles. The number of aryl methyl sites for hydroxylation is 1. The number of halogens is 1. The van der Waals surface area contributed by atoms with Gasteiger partial charge in [-0.2, -0.15) is 0 Å². The summed E-state index contributed by atoms with van der Waals surface area (Å²) in [6, 6.07) is 12.4. The van der Waals surface area contributed by atoms with Gasteiger partial charge in [-0.3, -0.25) is 14.4 Å². The molecule has 0 bridgehead atoms. The van der Waals surface area contributed by atoms with Gasteiger partial charge in [-0.25, -0.2) is 0 Å². The molecule has 2 N–H and O–H groups in total. The maximum atomic E-state index is 11.9. The molecule has 0 atom stereocenters. The van der Waals surface area contributed by atoms with Gasteiger partial charge >= 0.3 is 5.97 Å². The second kappa shape index (κ2) is 10.5. The van der Waals surface area contributed by atoms with Crippen LogP contribution in [0.5, 0.6) is 0 Å². The van der Waals surface area contributed by atoms with Crippen molar-refractivity contribution in [2.75, 3.05) is 17.2 Å². The van der Waals surface area contributed by atoms with Gasteiger partial charge in [0.15, 0.2) is 6.61 Å². The molecule has 7 heteroatoms. The molecule has 148 valence electrons. The number of hydrogen-bond acceptors (Lipinski definition) is 4. The molecule has 0 aromatic heterocycles. The Morgan fingerprint density at radius 2 is 1.71 bits per heavy atom. The molecular weight excluding hydrogens is 380 g/mol. The zero-order valence-electron chi connectivity index (χ0n) is 15.9. The van der Waals surface area contributed by atoms with Crippen molar-refractivity contribution >= 4 is 40.8 Å². The van der Waals surface area contributed by atoms with E-state index in [1.165, 1.54) is 0 Å². The van der Waals surface area contributed by atoms with Crippen LogP contribution in [0.2, 0.25) is 5.02 Å². The summed E-state index contributed by atoms with van der Waals surface area (Å²) in [5, 5.41) is 5.95. The molecule has 0 unspecified atom stereocenters. The quantitative estimate of drug-likeness (QED) is 0.646. The summed E-state index contributed by atoms with van der Waals surface area (Å²) in [5.74, 6) is -1.14. The van der Waals surface area contributed by atoms with E-state index in [4.69, 9.17) is 16.3 Å². The molecular formula is C21H23ClN2O4. The van der Waals surface area contributed by atoms with Crippen LogP contribution in [0, 0.1) is 13.8 Å². The highest BCUT2D eigenvalue weighted by Crippen LogP contribution is 2.18. The first kappa shape index (κ1) is 21.4. The van der Waals surface area contributed by atoms with E-state index in [0.29, 0.717) is 22.8 Å². The monoisotopic (exact) mass is 402 g/mol. The van der Waals surface area contributed by atoms with Gasteiger partial charge in [0.2, 0.25) is 5.91 Å². The SMILES string of the molecule is Cc1cccc(NC(=O)COC(=O)CCCC(=O)Nc2cccc(Cl)c2)c1C. The minimum atomic E-state index is -0.522. The fourth-order valence-corrected chi connectivity index (χ4v) is 2.66. The van der Waals surface area contributed by atoms with Gasteiger partial charge < -0.3 is 15.4 Å². The number of hydrogen-bond donors (Lipinski definition) is 2. The molecule has 0 aliphatic rings. The summed E-state index contributed by atoms with van der Waals surface area (Å²) in [6.07, 6.45) is 0.542. The Balaban J connectivity index is 1.66. The van der Waals surface area contributed by atoms with E-state index < -0.39 is 11.9 Å². The van der Waals surface area contributed by atoms with Crippen LogP contribution < -0.4 is 10.6 Å². The summed E-state index contributed by atoms with van der Waals surface area (Å²) in [6.45, 7) is 3.50. The van der Waals surface area contributed by atoms with Crippen molar-refractivity contribution in [3.63, 3.8) is 0 Å². The Hall–Kier alpha value is -2.86. The van der Waals surface area contributed by atoms with Gasteiger partial charge in [0.05, 0.1) is 0 Å². The van der Waals surface area contributed by atoms with Crippen molar-refractivity contribution in [1.82, 2.24) is 0 Å². The molecule has 0 saturated heterocycles. The highest BCUT2D eigenvalue weighted by atomic mass is 35.5. The van der Waals surface area contributed by atoms with Crippen molar-refractivity contribution in [3.8, 4) is 0 Å². The van der Waals surface area contributed by atoms with Crippen LogP contribution in [-0.2, 0) is 19.1 Å². The molecule has 0 saturated carbocycles. The van der Waals surface area contributed by atoms with Crippen LogP contribution in [0.3, 0.4) is 0 Å². The zero-order chi connectivity index (χ0) is 20.5. The average Bonchev–Trinajstić information content (AvgIpc) is 2.64. The van der Waals surface area contributed by atoms with Crippen LogP contribution >= 0.6 is 11.6 Å². The normalized spacial score (nSPS) is 10.2. The van der Waals surface area contributed by atoms with E-state index in [-0.39, 0.29) is 25.4 Å².